The van der Waals surface area contributed by atoms with Crippen LogP contribution in [0.5, 0.6) is 0 Å². The number of hydrogen-bond acceptors (Lipinski definition) is 0. The fraction of sp³-hybridized carbons (Fsp3) is 0.200. The summed E-state index contributed by atoms with van der Waals surface area (Å²) in [4.78, 5) is 3.09. The van der Waals surface area contributed by atoms with Gasteiger partial charge in [0.2, 0.25) is 0 Å². The first kappa shape index (κ1) is 7.35. The molecule has 2 rings (SSSR count). The zero-order valence-corrected chi connectivity index (χ0v) is 7.11. The van der Waals surface area contributed by atoms with Crippen molar-refractivity contribution in [2.75, 3.05) is 0 Å². The molecule has 0 atom stereocenters. The highest BCUT2D eigenvalue weighted by atomic mass is 19.1. The average Bonchev–Trinajstić information content (AvgIpc) is 2.30. The fourth-order valence-corrected chi connectivity index (χ4v) is 1.41. The van der Waals surface area contributed by atoms with Crippen LogP contribution in [0.2, 0.25) is 0 Å². The van der Waals surface area contributed by atoms with Crippen LogP contribution in [-0.2, 0) is 0 Å². The molecule has 1 aromatic heterocycles. The van der Waals surface area contributed by atoms with Crippen molar-refractivity contribution < 1.29 is 4.39 Å². The number of halogens is 1. The van der Waals surface area contributed by atoms with E-state index >= 15 is 0 Å². The number of fused-ring (bicyclic) bond motifs is 1. The van der Waals surface area contributed by atoms with Crippen molar-refractivity contribution in [3.8, 4) is 0 Å². The third-order valence-electron chi connectivity index (χ3n) is 2.03. The molecule has 0 unspecified atom stereocenters. The van der Waals surface area contributed by atoms with Gasteiger partial charge in [-0.25, -0.2) is 4.39 Å². The second-order valence-corrected chi connectivity index (χ2v) is 3.14. The number of benzene rings is 1. The van der Waals surface area contributed by atoms with Gasteiger partial charge in [-0.05, 0) is 37.6 Å². The maximum Gasteiger partial charge on any atom is 0.128 e. The minimum Gasteiger partial charge on any atom is -0.359 e. The lowest BCUT2D eigenvalue weighted by Crippen LogP contribution is -1.80. The van der Waals surface area contributed by atoms with Crippen molar-refractivity contribution >= 4 is 10.9 Å². The summed E-state index contributed by atoms with van der Waals surface area (Å²) in [6, 6.07) is 5.41. The Balaban J connectivity index is 2.83. The van der Waals surface area contributed by atoms with Crippen molar-refractivity contribution in [2.45, 2.75) is 13.8 Å². The van der Waals surface area contributed by atoms with Crippen LogP contribution in [0.25, 0.3) is 10.9 Å². The Kier molecular flexibility index (Phi) is 1.43. The van der Waals surface area contributed by atoms with Gasteiger partial charge in [-0.2, -0.15) is 0 Å². The van der Waals surface area contributed by atoms with Gasteiger partial charge in [0.25, 0.3) is 0 Å². The molecule has 0 saturated heterocycles. The van der Waals surface area contributed by atoms with Crippen LogP contribution >= 0.6 is 0 Å². The largest absolute Gasteiger partial charge is 0.359 e. The molecule has 1 nitrogen and oxygen atoms in total. The van der Waals surface area contributed by atoms with Crippen LogP contribution in [-0.4, -0.2) is 4.98 Å². The highest BCUT2D eigenvalue weighted by Crippen LogP contribution is 2.18. The lowest BCUT2D eigenvalue weighted by atomic mass is 10.2. The lowest BCUT2D eigenvalue weighted by molar-refractivity contribution is 0.620. The van der Waals surface area contributed by atoms with E-state index in [2.05, 4.69) is 4.98 Å². The molecule has 0 saturated carbocycles. The Bertz CT molecular complexity index is 390. The summed E-state index contributed by atoms with van der Waals surface area (Å²) in [5.41, 5.74) is 2.63. The number of hydrogen-bond donors (Lipinski definition) is 1. The van der Waals surface area contributed by atoms with E-state index in [0.717, 1.165) is 16.6 Å². The maximum atomic E-state index is 13.0. The van der Waals surface area contributed by atoms with Crippen molar-refractivity contribution in [3.05, 3.63) is 35.3 Å². The van der Waals surface area contributed by atoms with E-state index in [1.807, 2.05) is 19.1 Å². The molecule has 1 heterocycles. The van der Waals surface area contributed by atoms with E-state index in [9.17, 15) is 4.39 Å². The zero-order valence-electron chi connectivity index (χ0n) is 7.11. The van der Waals surface area contributed by atoms with Crippen molar-refractivity contribution in [3.63, 3.8) is 0 Å². The van der Waals surface area contributed by atoms with Gasteiger partial charge in [0, 0.05) is 16.6 Å². The first-order valence-corrected chi connectivity index (χ1v) is 3.92. The summed E-state index contributed by atoms with van der Waals surface area (Å²) in [6.45, 7) is 3.74. The van der Waals surface area contributed by atoms with Crippen LogP contribution in [0.4, 0.5) is 4.39 Å². The molecule has 0 aliphatic carbocycles. The van der Waals surface area contributed by atoms with E-state index in [1.165, 1.54) is 6.07 Å². The molecule has 0 amide bonds. The third kappa shape index (κ3) is 0.998. The summed E-state index contributed by atoms with van der Waals surface area (Å²) < 4.78 is 13.0. The number of aromatic nitrogens is 1. The van der Waals surface area contributed by atoms with Gasteiger partial charge >= 0.3 is 0 Å². The van der Waals surface area contributed by atoms with Gasteiger partial charge in [0.05, 0.1) is 0 Å². The molecule has 1 N–H and O–H groups in total. The lowest BCUT2D eigenvalue weighted by Gasteiger charge is -1.94. The number of nitrogens with one attached hydrogen (secondary N) is 1. The van der Waals surface area contributed by atoms with Crippen LogP contribution in [0.15, 0.2) is 18.2 Å². The highest BCUT2D eigenvalue weighted by Gasteiger charge is 2.01. The summed E-state index contributed by atoms with van der Waals surface area (Å²) in [6.07, 6.45) is 0. The normalized spacial score (nSPS) is 10.9. The Hall–Kier alpha value is -1.31. The first-order chi connectivity index (χ1) is 5.66. The Labute approximate surface area is 70.2 Å². The van der Waals surface area contributed by atoms with Crippen molar-refractivity contribution in [1.29, 1.82) is 0 Å². The first-order valence-electron chi connectivity index (χ1n) is 3.92. The van der Waals surface area contributed by atoms with Crippen molar-refractivity contribution in [2.24, 2.45) is 0 Å². The molecule has 0 radical (unpaired) electrons. The minimum atomic E-state index is -0.149. The topological polar surface area (TPSA) is 15.8 Å². The summed E-state index contributed by atoms with van der Waals surface area (Å²) in [5, 5.41) is 1.08. The van der Waals surface area contributed by atoms with E-state index in [1.54, 1.807) is 6.92 Å². The predicted octanol–water partition coefficient (Wildman–Crippen LogP) is 2.92. The van der Waals surface area contributed by atoms with Crippen LogP contribution in [0.3, 0.4) is 0 Å². The molecule has 0 fully saturated rings. The number of H-pyrrole nitrogens is 1. The van der Waals surface area contributed by atoms with E-state index < -0.39 is 0 Å². The molecule has 2 aromatic rings. The SMILES string of the molecule is Cc1cc2cc(C)c(F)cc2[nH]1. The summed E-state index contributed by atoms with van der Waals surface area (Å²) >= 11 is 0. The molecule has 0 spiro atoms. The smallest absolute Gasteiger partial charge is 0.128 e. The summed E-state index contributed by atoms with van der Waals surface area (Å²) in [7, 11) is 0. The van der Waals surface area contributed by atoms with Crippen molar-refractivity contribution in [1.82, 2.24) is 4.98 Å². The van der Waals surface area contributed by atoms with E-state index in [4.69, 9.17) is 0 Å². The zero-order chi connectivity index (χ0) is 8.72. The Morgan fingerprint density at radius 3 is 2.67 bits per heavy atom. The van der Waals surface area contributed by atoms with Crippen LogP contribution < -0.4 is 0 Å². The van der Waals surface area contributed by atoms with E-state index in [0.29, 0.717) is 5.56 Å². The molecule has 0 bridgehead atoms. The fourth-order valence-electron chi connectivity index (χ4n) is 1.41. The maximum absolute atomic E-state index is 13.0. The Morgan fingerprint density at radius 1 is 1.17 bits per heavy atom. The summed E-state index contributed by atoms with van der Waals surface area (Å²) in [5.74, 6) is -0.149. The second-order valence-electron chi connectivity index (χ2n) is 3.14. The standard InChI is InChI=1S/C10H10FN/c1-6-3-8-4-7(2)12-10(8)5-9(6)11/h3-5,12H,1-2H3. The third-order valence-corrected chi connectivity index (χ3v) is 2.03. The second kappa shape index (κ2) is 2.34. The molecule has 2 heteroatoms. The van der Waals surface area contributed by atoms with Crippen LogP contribution in [0.1, 0.15) is 11.3 Å². The quantitative estimate of drug-likeness (QED) is 0.614. The van der Waals surface area contributed by atoms with Gasteiger partial charge in [0.1, 0.15) is 5.82 Å². The molecule has 12 heavy (non-hydrogen) atoms. The van der Waals surface area contributed by atoms with Gasteiger partial charge in [-0.1, -0.05) is 0 Å². The predicted molar refractivity (Wildman–Crippen MR) is 47.7 cm³/mol. The van der Waals surface area contributed by atoms with Gasteiger partial charge in [-0.3, -0.25) is 0 Å². The minimum absolute atomic E-state index is 0.149. The highest BCUT2D eigenvalue weighted by molar-refractivity contribution is 5.81. The Morgan fingerprint density at radius 2 is 1.92 bits per heavy atom. The molecule has 0 aliphatic heterocycles. The molecular formula is C10H10FN. The number of aromatic amines is 1. The number of aryl methyl sites for hydroxylation is 2. The molecule has 1 aromatic carbocycles. The molecular weight excluding hydrogens is 153 g/mol. The molecule has 0 aliphatic rings. The average molecular weight is 163 g/mol. The monoisotopic (exact) mass is 163 g/mol. The number of rotatable bonds is 0. The van der Waals surface area contributed by atoms with Crippen LogP contribution in [0, 0.1) is 19.7 Å². The molecule has 62 valence electrons. The van der Waals surface area contributed by atoms with E-state index in [-0.39, 0.29) is 5.82 Å². The van der Waals surface area contributed by atoms with Gasteiger partial charge in [-0.15, -0.1) is 0 Å². The van der Waals surface area contributed by atoms with Gasteiger partial charge < -0.3 is 4.98 Å². The van der Waals surface area contributed by atoms with Gasteiger partial charge in [0.15, 0.2) is 0 Å².